The van der Waals surface area contributed by atoms with E-state index in [1.54, 1.807) is 36.4 Å². The summed E-state index contributed by atoms with van der Waals surface area (Å²) in [7, 11) is 0. The molecule has 8 nitrogen and oxygen atoms in total. The highest BCUT2D eigenvalue weighted by atomic mass is 19.1. The van der Waals surface area contributed by atoms with Gasteiger partial charge in [0.15, 0.2) is 0 Å². The molecule has 0 fully saturated rings. The quantitative estimate of drug-likeness (QED) is 0.511. The van der Waals surface area contributed by atoms with E-state index in [-0.39, 0.29) is 11.5 Å². The molecule has 3 rings (SSSR count). The van der Waals surface area contributed by atoms with Crippen molar-refractivity contribution < 1.29 is 23.5 Å². The summed E-state index contributed by atoms with van der Waals surface area (Å²) in [6.07, 6.45) is -0.406. The maximum atomic E-state index is 13.0. The molecule has 0 bridgehead atoms. The number of primary amides is 2. The van der Waals surface area contributed by atoms with E-state index in [4.69, 9.17) is 16.2 Å². The summed E-state index contributed by atoms with van der Waals surface area (Å²) < 4.78 is 18.6. The highest BCUT2D eigenvalue weighted by molar-refractivity contribution is 5.97. The van der Waals surface area contributed by atoms with Crippen LogP contribution in [-0.4, -0.2) is 28.7 Å². The SMILES string of the molecule is NC(=O)CC(NC(=O)c1cccc(-c2ccc(Oc3ccc(F)cc3)cc2)n1)C(N)=O. The molecule has 1 atom stereocenters. The molecule has 31 heavy (non-hydrogen) atoms. The standard InChI is InChI=1S/C22H19FN4O4/c23-14-6-10-16(11-7-14)31-15-8-4-13(5-9-15)17-2-1-3-18(26-17)22(30)27-19(21(25)29)12-20(24)28/h1-11,19H,12H2,(H2,24,28)(H2,25,29)(H,27,30). The van der Waals surface area contributed by atoms with Gasteiger partial charge in [0.25, 0.3) is 5.91 Å². The molecule has 1 heterocycles. The first-order valence-electron chi connectivity index (χ1n) is 9.21. The summed E-state index contributed by atoms with van der Waals surface area (Å²) >= 11 is 0. The molecule has 0 aliphatic carbocycles. The fraction of sp³-hybridized carbons (Fsp3) is 0.0909. The van der Waals surface area contributed by atoms with E-state index in [2.05, 4.69) is 10.3 Å². The van der Waals surface area contributed by atoms with Crippen LogP contribution in [-0.2, 0) is 9.59 Å². The first-order valence-corrected chi connectivity index (χ1v) is 9.21. The average molecular weight is 422 g/mol. The lowest BCUT2D eigenvalue weighted by atomic mass is 10.1. The molecule has 5 N–H and O–H groups in total. The summed E-state index contributed by atoms with van der Waals surface area (Å²) in [6.45, 7) is 0. The number of nitrogens with two attached hydrogens (primary N) is 2. The largest absolute Gasteiger partial charge is 0.457 e. The maximum Gasteiger partial charge on any atom is 0.270 e. The number of nitrogens with one attached hydrogen (secondary N) is 1. The number of benzene rings is 2. The number of carbonyl (C=O) groups excluding carboxylic acids is 3. The van der Waals surface area contributed by atoms with Crippen molar-refractivity contribution in [1.29, 1.82) is 0 Å². The highest BCUT2D eigenvalue weighted by Gasteiger charge is 2.21. The normalized spacial score (nSPS) is 11.4. The van der Waals surface area contributed by atoms with Gasteiger partial charge in [-0.15, -0.1) is 0 Å². The monoisotopic (exact) mass is 422 g/mol. The van der Waals surface area contributed by atoms with Crippen molar-refractivity contribution >= 4 is 17.7 Å². The number of carbonyl (C=O) groups is 3. The number of amides is 3. The third-order valence-electron chi connectivity index (χ3n) is 4.24. The molecular weight excluding hydrogens is 403 g/mol. The van der Waals surface area contributed by atoms with Crippen LogP contribution in [0.5, 0.6) is 11.5 Å². The molecule has 0 radical (unpaired) electrons. The van der Waals surface area contributed by atoms with Crippen LogP contribution in [0.3, 0.4) is 0 Å². The number of rotatable bonds is 8. The van der Waals surface area contributed by atoms with E-state index >= 15 is 0 Å². The number of ether oxygens (including phenoxy) is 1. The van der Waals surface area contributed by atoms with Crippen LogP contribution in [0.25, 0.3) is 11.3 Å². The minimum atomic E-state index is -1.22. The van der Waals surface area contributed by atoms with Gasteiger partial charge in [-0.25, -0.2) is 9.37 Å². The van der Waals surface area contributed by atoms with Gasteiger partial charge in [-0.1, -0.05) is 6.07 Å². The Bertz CT molecular complexity index is 1100. The maximum absolute atomic E-state index is 13.0. The fourth-order valence-corrected chi connectivity index (χ4v) is 2.71. The fourth-order valence-electron chi connectivity index (χ4n) is 2.71. The van der Waals surface area contributed by atoms with Crippen molar-refractivity contribution in [3.63, 3.8) is 0 Å². The number of hydrogen-bond acceptors (Lipinski definition) is 5. The summed E-state index contributed by atoms with van der Waals surface area (Å²) in [5, 5.41) is 2.36. The summed E-state index contributed by atoms with van der Waals surface area (Å²) in [5.41, 5.74) is 11.5. The molecule has 0 aliphatic heterocycles. The molecule has 1 aromatic heterocycles. The minimum Gasteiger partial charge on any atom is -0.457 e. The van der Waals surface area contributed by atoms with Gasteiger partial charge in [-0.05, 0) is 60.7 Å². The second kappa shape index (κ2) is 9.49. The molecule has 0 saturated carbocycles. The Morgan fingerprint density at radius 2 is 1.55 bits per heavy atom. The van der Waals surface area contributed by atoms with Crippen LogP contribution < -0.4 is 21.5 Å². The van der Waals surface area contributed by atoms with Crippen molar-refractivity contribution in [3.05, 3.63) is 78.2 Å². The van der Waals surface area contributed by atoms with Crippen molar-refractivity contribution in [2.45, 2.75) is 12.5 Å². The van der Waals surface area contributed by atoms with Gasteiger partial charge in [0.05, 0.1) is 12.1 Å². The summed E-state index contributed by atoms with van der Waals surface area (Å²) in [6, 6.07) is 16.2. The van der Waals surface area contributed by atoms with Crippen molar-refractivity contribution in [1.82, 2.24) is 10.3 Å². The van der Waals surface area contributed by atoms with E-state index in [1.807, 2.05) is 0 Å². The van der Waals surface area contributed by atoms with Gasteiger partial charge in [0, 0.05) is 5.56 Å². The first-order chi connectivity index (χ1) is 14.8. The lowest BCUT2D eigenvalue weighted by molar-refractivity contribution is -0.124. The van der Waals surface area contributed by atoms with Crippen molar-refractivity contribution in [3.8, 4) is 22.8 Å². The Labute approximate surface area is 177 Å². The third-order valence-corrected chi connectivity index (χ3v) is 4.24. The summed E-state index contributed by atoms with van der Waals surface area (Å²) in [4.78, 5) is 39.2. The van der Waals surface area contributed by atoms with Crippen LogP contribution in [0.4, 0.5) is 4.39 Å². The predicted octanol–water partition coefficient (Wildman–Crippen LogP) is 2.14. The van der Waals surface area contributed by atoms with Gasteiger partial charge in [-0.2, -0.15) is 0 Å². The molecule has 3 aromatic rings. The molecular formula is C22H19FN4O4. The van der Waals surface area contributed by atoms with Gasteiger partial charge in [0.1, 0.15) is 29.1 Å². The second-order valence-electron chi connectivity index (χ2n) is 6.59. The van der Waals surface area contributed by atoms with Crippen molar-refractivity contribution in [2.24, 2.45) is 11.5 Å². The van der Waals surface area contributed by atoms with Crippen LogP contribution in [0, 0.1) is 5.82 Å². The van der Waals surface area contributed by atoms with E-state index in [0.29, 0.717) is 22.8 Å². The Hall–Kier alpha value is -4.27. The number of nitrogens with zero attached hydrogens (tertiary/aromatic N) is 1. The van der Waals surface area contributed by atoms with Gasteiger partial charge in [-0.3, -0.25) is 14.4 Å². The lowest BCUT2D eigenvalue weighted by Crippen LogP contribution is -2.46. The zero-order valence-electron chi connectivity index (χ0n) is 16.2. The average Bonchev–Trinajstić information content (AvgIpc) is 2.75. The third kappa shape index (κ3) is 5.86. The lowest BCUT2D eigenvalue weighted by Gasteiger charge is -2.13. The first kappa shape index (κ1) is 21.4. The van der Waals surface area contributed by atoms with Gasteiger partial charge < -0.3 is 21.5 Å². The molecule has 2 aromatic carbocycles. The van der Waals surface area contributed by atoms with Gasteiger partial charge >= 0.3 is 0 Å². The smallest absolute Gasteiger partial charge is 0.270 e. The van der Waals surface area contributed by atoms with Gasteiger partial charge in [0.2, 0.25) is 11.8 Å². The second-order valence-corrected chi connectivity index (χ2v) is 6.59. The zero-order chi connectivity index (χ0) is 22.4. The topological polar surface area (TPSA) is 137 Å². The molecule has 0 aliphatic rings. The van der Waals surface area contributed by atoms with E-state index < -0.39 is 30.2 Å². The predicted molar refractivity (Wildman–Crippen MR) is 110 cm³/mol. The van der Waals surface area contributed by atoms with Crippen molar-refractivity contribution in [2.75, 3.05) is 0 Å². The van der Waals surface area contributed by atoms with Crippen LogP contribution in [0.1, 0.15) is 16.9 Å². The summed E-state index contributed by atoms with van der Waals surface area (Å²) in [5.74, 6) is -1.63. The number of pyridine rings is 1. The van der Waals surface area contributed by atoms with Crippen LogP contribution in [0.15, 0.2) is 66.7 Å². The number of halogens is 1. The molecule has 0 saturated heterocycles. The Kier molecular flexibility index (Phi) is 6.56. The van der Waals surface area contributed by atoms with Crippen LogP contribution in [0.2, 0.25) is 0 Å². The zero-order valence-corrected chi connectivity index (χ0v) is 16.2. The molecule has 3 amide bonds. The van der Waals surface area contributed by atoms with E-state index in [9.17, 15) is 18.8 Å². The number of hydrogen-bond donors (Lipinski definition) is 3. The Morgan fingerprint density at radius 3 is 2.13 bits per heavy atom. The Balaban J connectivity index is 1.73. The molecule has 1 unspecified atom stereocenters. The molecule has 158 valence electrons. The highest BCUT2D eigenvalue weighted by Crippen LogP contribution is 2.25. The minimum absolute atomic E-state index is 0.0415. The van der Waals surface area contributed by atoms with Crippen LogP contribution >= 0.6 is 0 Å². The Morgan fingerprint density at radius 1 is 0.935 bits per heavy atom. The molecule has 9 heteroatoms. The van der Waals surface area contributed by atoms with E-state index in [1.165, 1.54) is 30.3 Å². The van der Waals surface area contributed by atoms with E-state index in [0.717, 1.165) is 0 Å². The number of aromatic nitrogens is 1. The molecule has 0 spiro atoms.